The fourth-order valence-corrected chi connectivity index (χ4v) is 2.75. The van der Waals surface area contributed by atoms with E-state index in [0.717, 1.165) is 31.5 Å². The van der Waals surface area contributed by atoms with Crippen molar-refractivity contribution >= 4 is 6.03 Å². The number of hydrogen-bond acceptors (Lipinski definition) is 2. The molecule has 21 heavy (non-hydrogen) atoms. The molecule has 1 aromatic rings. The molecule has 2 amide bonds. The largest absolute Gasteiger partial charge is 0.331 e. The monoisotopic (exact) mass is 293 g/mol. The van der Waals surface area contributed by atoms with Crippen LogP contribution < -0.4 is 5.32 Å². The van der Waals surface area contributed by atoms with Gasteiger partial charge in [-0.05, 0) is 37.5 Å². The van der Waals surface area contributed by atoms with Crippen LogP contribution in [0.25, 0.3) is 0 Å². The van der Waals surface area contributed by atoms with Crippen molar-refractivity contribution < 1.29 is 9.18 Å². The molecule has 0 radical (unpaired) electrons. The molecule has 2 rings (SSSR count). The number of nitrogens with zero attached hydrogens (tertiary/aromatic N) is 2. The van der Waals surface area contributed by atoms with Crippen molar-refractivity contribution in [3.05, 3.63) is 35.6 Å². The Labute approximate surface area is 125 Å². The van der Waals surface area contributed by atoms with Crippen LogP contribution in [0.2, 0.25) is 0 Å². The number of rotatable bonds is 3. The van der Waals surface area contributed by atoms with Gasteiger partial charge in [-0.2, -0.15) is 0 Å². The molecular weight excluding hydrogens is 269 g/mol. The van der Waals surface area contributed by atoms with Gasteiger partial charge in [-0.1, -0.05) is 12.1 Å². The number of piperidine rings is 1. The molecule has 1 heterocycles. The topological polar surface area (TPSA) is 35.6 Å². The summed E-state index contributed by atoms with van der Waals surface area (Å²) in [7, 11) is 3.55. The molecule has 1 aliphatic rings. The van der Waals surface area contributed by atoms with E-state index in [1.807, 2.05) is 17.9 Å². The van der Waals surface area contributed by atoms with E-state index in [1.165, 1.54) is 6.07 Å². The normalized spacial score (nSPS) is 17.6. The number of urea groups is 1. The number of hydrogen-bond donors (Lipinski definition) is 1. The molecule has 1 saturated heterocycles. The van der Waals surface area contributed by atoms with Crippen molar-refractivity contribution in [2.75, 3.05) is 27.2 Å². The fourth-order valence-electron chi connectivity index (χ4n) is 2.75. The molecule has 0 aliphatic carbocycles. The van der Waals surface area contributed by atoms with Gasteiger partial charge in [0, 0.05) is 39.3 Å². The maximum Gasteiger partial charge on any atom is 0.319 e. The first-order chi connectivity index (χ1) is 9.97. The summed E-state index contributed by atoms with van der Waals surface area (Å²) in [5.41, 5.74) is 0.960. The van der Waals surface area contributed by atoms with Gasteiger partial charge in [-0.25, -0.2) is 9.18 Å². The summed E-state index contributed by atoms with van der Waals surface area (Å²) in [5, 5.41) is 3.53. The quantitative estimate of drug-likeness (QED) is 0.930. The molecule has 1 unspecified atom stereocenters. The third kappa shape index (κ3) is 4.17. The second kappa shape index (κ2) is 6.89. The summed E-state index contributed by atoms with van der Waals surface area (Å²) in [5.74, 6) is -0.201. The molecule has 0 spiro atoms. The van der Waals surface area contributed by atoms with Crippen LogP contribution in [0, 0.1) is 5.82 Å². The standard InChI is InChI=1S/C16H24FN3O/c1-12(13-5-4-6-14(17)11-13)18-15-7-9-20(10-8-15)16(21)19(2)3/h4-6,11-12,15,18H,7-10H2,1-3H3. The first-order valence-electron chi connectivity index (χ1n) is 7.45. The minimum Gasteiger partial charge on any atom is -0.331 e. The van der Waals surface area contributed by atoms with Gasteiger partial charge in [-0.15, -0.1) is 0 Å². The van der Waals surface area contributed by atoms with Gasteiger partial charge < -0.3 is 15.1 Å². The second-order valence-electron chi connectivity index (χ2n) is 5.88. The number of benzene rings is 1. The minimum absolute atomic E-state index is 0.0756. The molecule has 1 N–H and O–H groups in total. The van der Waals surface area contributed by atoms with Gasteiger partial charge in [0.05, 0.1) is 0 Å². The summed E-state index contributed by atoms with van der Waals surface area (Å²) in [6.07, 6.45) is 1.86. The lowest BCUT2D eigenvalue weighted by molar-refractivity contribution is 0.151. The van der Waals surface area contributed by atoms with Crippen LogP contribution in [-0.4, -0.2) is 49.1 Å². The zero-order chi connectivity index (χ0) is 15.4. The van der Waals surface area contributed by atoms with Crippen molar-refractivity contribution in [2.24, 2.45) is 0 Å². The lowest BCUT2D eigenvalue weighted by Gasteiger charge is -2.35. The Morgan fingerprint density at radius 2 is 2.05 bits per heavy atom. The molecule has 1 atom stereocenters. The third-order valence-electron chi connectivity index (χ3n) is 3.98. The van der Waals surface area contributed by atoms with E-state index in [1.54, 1.807) is 31.1 Å². The van der Waals surface area contributed by atoms with Gasteiger partial charge in [0.2, 0.25) is 0 Å². The van der Waals surface area contributed by atoms with Gasteiger partial charge in [0.15, 0.2) is 0 Å². The van der Waals surface area contributed by atoms with E-state index >= 15 is 0 Å². The first kappa shape index (κ1) is 15.8. The van der Waals surface area contributed by atoms with Crippen LogP contribution in [0.1, 0.15) is 31.4 Å². The predicted molar refractivity (Wildman–Crippen MR) is 81.6 cm³/mol. The number of carbonyl (C=O) groups is 1. The highest BCUT2D eigenvalue weighted by Crippen LogP contribution is 2.18. The third-order valence-corrected chi connectivity index (χ3v) is 3.98. The Morgan fingerprint density at radius 1 is 1.38 bits per heavy atom. The van der Waals surface area contributed by atoms with Crippen LogP contribution in [0.15, 0.2) is 24.3 Å². The first-order valence-corrected chi connectivity index (χ1v) is 7.45. The Balaban J connectivity index is 1.85. The van der Waals surface area contributed by atoms with Gasteiger partial charge in [0.25, 0.3) is 0 Å². The number of amides is 2. The number of carbonyl (C=O) groups excluding carboxylic acids is 1. The Hall–Kier alpha value is -1.62. The van der Waals surface area contributed by atoms with Crippen molar-refractivity contribution in [3.8, 4) is 0 Å². The highest BCUT2D eigenvalue weighted by molar-refractivity contribution is 5.73. The molecule has 5 heteroatoms. The second-order valence-corrected chi connectivity index (χ2v) is 5.88. The maximum absolute atomic E-state index is 13.2. The summed E-state index contributed by atoms with van der Waals surface area (Å²) in [6.45, 7) is 3.58. The number of halogens is 1. The van der Waals surface area contributed by atoms with E-state index in [9.17, 15) is 9.18 Å². The van der Waals surface area contributed by atoms with E-state index in [0.29, 0.717) is 6.04 Å². The molecule has 1 aliphatic heterocycles. The SMILES string of the molecule is CC(NC1CCN(C(=O)N(C)C)CC1)c1cccc(F)c1. The summed E-state index contributed by atoms with van der Waals surface area (Å²) >= 11 is 0. The lowest BCUT2D eigenvalue weighted by atomic mass is 10.0. The van der Waals surface area contributed by atoms with Gasteiger partial charge in [0.1, 0.15) is 5.82 Å². The molecule has 1 fully saturated rings. The van der Waals surface area contributed by atoms with E-state index in [2.05, 4.69) is 5.32 Å². The zero-order valence-electron chi connectivity index (χ0n) is 13.0. The molecule has 0 aromatic heterocycles. The fraction of sp³-hybridized carbons (Fsp3) is 0.562. The van der Waals surface area contributed by atoms with Crippen LogP contribution in [0.4, 0.5) is 9.18 Å². The minimum atomic E-state index is -0.201. The highest BCUT2D eigenvalue weighted by Gasteiger charge is 2.24. The number of nitrogens with one attached hydrogen (secondary N) is 1. The number of likely N-dealkylation sites (tertiary alicyclic amines) is 1. The zero-order valence-corrected chi connectivity index (χ0v) is 13.0. The molecule has 4 nitrogen and oxygen atoms in total. The van der Waals surface area contributed by atoms with Crippen molar-refractivity contribution in [2.45, 2.75) is 31.8 Å². The molecule has 0 bridgehead atoms. The van der Waals surface area contributed by atoms with E-state index in [-0.39, 0.29) is 17.9 Å². The van der Waals surface area contributed by atoms with Crippen LogP contribution in [0.5, 0.6) is 0 Å². The average Bonchev–Trinajstić information content (AvgIpc) is 2.47. The van der Waals surface area contributed by atoms with E-state index < -0.39 is 0 Å². The predicted octanol–water partition coefficient (Wildman–Crippen LogP) is 2.62. The summed E-state index contributed by atoms with van der Waals surface area (Å²) < 4.78 is 13.2. The van der Waals surface area contributed by atoms with E-state index in [4.69, 9.17) is 0 Å². The highest BCUT2D eigenvalue weighted by atomic mass is 19.1. The molecule has 116 valence electrons. The molecular formula is C16H24FN3O. The summed E-state index contributed by atoms with van der Waals surface area (Å²) in [6, 6.07) is 7.26. The van der Waals surface area contributed by atoms with Crippen molar-refractivity contribution in [1.29, 1.82) is 0 Å². The Morgan fingerprint density at radius 3 is 2.62 bits per heavy atom. The van der Waals surface area contributed by atoms with Crippen LogP contribution in [-0.2, 0) is 0 Å². The molecule has 0 saturated carbocycles. The smallest absolute Gasteiger partial charge is 0.319 e. The van der Waals surface area contributed by atoms with Gasteiger partial charge in [-0.3, -0.25) is 0 Å². The Kier molecular flexibility index (Phi) is 5.17. The van der Waals surface area contributed by atoms with Crippen LogP contribution in [0.3, 0.4) is 0 Å². The lowest BCUT2D eigenvalue weighted by Crippen LogP contribution is -2.48. The van der Waals surface area contributed by atoms with Crippen LogP contribution >= 0.6 is 0 Å². The van der Waals surface area contributed by atoms with Gasteiger partial charge >= 0.3 is 6.03 Å². The van der Waals surface area contributed by atoms with Crippen molar-refractivity contribution in [3.63, 3.8) is 0 Å². The van der Waals surface area contributed by atoms with Crippen molar-refractivity contribution in [1.82, 2.24) is 15.1 Å². The maximum atomic E-state index is 13.2. The Bertz CT molecular complexity index is 484. The average molecular weight is 293 g/mol. The molecule has 1 aromatic carbocycles. The summed E-state index contributed by atoms with van der Waals surface area (Å²) in [4.78, 5) is 15.4.